The highest BCUT2D eigenvalue weighted by Gasteiger charge is 2.33. The first-order chi connectivity index (χ1) is 9.89. The summed E-state index contributed by atoms with van der Waals surface area (Å²) < 4.78 is 32.6. The zero-order valence-electron chi connectivity index (χ0n) is 14.4. The third-order valence-corrected chi connectivity index (χ3v) is 3.74. The van der Waals surface area contributed by atoms with Crippen molar-refractivity contribution in [3.63, 3.8) is 0 Å². The van der Waals surface area contributed by atoms with Crippen LogP contribution in [0, 0.1) is 5.41 Å². The van der Waals surface area contributed by atoms with Crippen molar-refractivity contribution in [3.8, 4) is 0 Å². The smallest absolute Gasteiger partial charge is 0.407 e. The number of hydrogen-bond acceptors (Lipinski definition) is 3. The van der Waals surface area contributed by atoms with Crippen LogP contribution in [0.1, 0.15) is 60.3 Å². The summed E-state index contributed by atoms with van der Waals surface area (Å²) in [6.07, 6.45) is 3.22. The topological polar surface area (TPSA) is 50.4 Å². The van der Waals surface area contributed by atoms with Gasteiger partial charge in [-0.25, -0.2) is 13.6 Å². The van der Waals surface area contributed by atoms with Crippen LogP contribution < -0.4 is 10.6 Å². The van der Waals surface area contributed by atoms with Crippen molar-refractivity contribution in [2.45, 2.75) is 77.9 Å². The minimum atomic E-state index is -2.99. The molecule has 1 atom stereocenters. The molecule has 1 aliphatic rings. The van der Waals surface area contributed by atoms with Crippen LogP contribution in [0.5, 0.6) is 0 Å². The lowest BCUT2D eigenvalue weighted by Crippen LogP contribution is -2.48. The Hall–Kier alpha value is -0.910. The van der Waals surface area contributed by atoms with Gasteiger partial charge in [0.25, 0.3) is 5.92 Å². The van der Waals surface area contributed by atoms with Crippen LogP contribution in [-0.4, -0.2) is 36.7 Å². The number of carbonyl (C=O) groups excluding carboxylic acids is 1. The second-order valence-electron chi connectivity index (χ2n) is 8.05. The van der Waals surface area contributed by atoms with E-state index in [-0.39, 0.29) is 11.5 Å². The average Bonchev–Trinajstić information content (AvgIpc) is 2.31. The van der Waals surface area contributed by atoms with Crippen LogP contribution in [0.25, 0.3) is 0 Å². The molecular formula is C16H30F2N2O2. The van der Waals surface area contributed by atoms with E-state index in [4.69, 9.17) is 4.74 Å². The molecular weight excluding hydrogens is 290 g/mol. The van der Waals surface area contributed by atoms with Gasteiger partial charge in [0.2, 0.25) is 0 Å². The Balaban J connectivity index is 2.33. The summed E-state index contributed by atoms with van der Waals surface area (Å²) in [4.78, 5) is 11.4. The van der Waals surface area contributed by atoms with Crippen LogP contribution >= 0.6 is 0 Å². The summed E-state index contributed by atoms with van der Waals surface area (Å²) in [5.41, 5.74) is -0.481. The lowest BCUT2D eigenvalue weighted by molar-refractivity contribution is -0.00794. The zero-order chi connectivity index (χ0) is 17.0. The molecule has 22 heavy (non-hydrogen) atoms. The van der Waals surface area contributed by atoms with Crippen molar-refractivity contribution in [2.75, 3.05) is 13.1 Å². The number of amides is 1. The van der Waals surface area contributed by atoms with Gasteiger partial charge in [-0.05, 0) is 45.4 Å². The van der Waals surface area contributed by atoms with Gasteiger partial charge in [-0.2, -0.15) is 0 Å². The van der Waals surface area contributed by atoms with Crippen molar-refractivity contribution in [3.05, 3.63) is 0 Å². The Morgan fingerprint density at radius 1 is 1.27 bits per heavy atom. The van der Waals surface area contributed by atoms with Crippen molar-refractivity contribution in [1.82, 2.24) is 10.6 Å². The summed E-state index contributed by atoms with van der Waals surface area (Å²) in [6, 6.07) is 0.121. The highest BCUT2D eigenvalue weighted by atomic mass is 19.3. The quantitative estimate of drug-likeness (QED) is 0.812. The number of alkyl carbamates (subject to hydrolysis) is 1. The van der Waals surface area contributed by atoms with Crippen molar-refractivity contribution >= 4 is 6.09 Å². The maximum Gasteiger partial charge on any atom is 0.407 e. The van der Waals surface area contributed by atoms with E-state index in [1.807, 2.05) is 0 Å². The molecule has 0 bridgehead atoms. The van der Waals surface area contributed by atoms with Gasteiger partial charge in [-0.3, -0.25) is 0 Å². The number of nitrogens with one attached hydrogen (secondary N) is 2. The van der Waals surface area contributed by atoms with Crippen LogP contribution in [0.3, 0.4) is 0 Å². The summed E-state index contributed by atoms with van der Waals surface area (Å²) >= 11 is 0. The molecule has 1 rings (SSSR count). The molecule has 0 aliphatic heterocycles. The van der Waals surface area contributed by atoms with Gasteiger partial charge in [0.15, 0.2) is 0 Å². The van der Waals surface area contributed by atoms with E-state index in [0.29, 0.717) is 0 Å². The molecule has 1 amide bonds. The van der Waals surface area contributed by atoms with Crippen LogP contribution in [0.4, 0.5) is 13.6 Å². The molecule has 0 spiro atoms. The second kappa shape index (κ2) is 7.11. The van der Waals surface area contributed by atoms with Gasteiger partial charge in [-0.1, -0.05) is 20.3 Å². The number of alkyl halides is 2. The lowest BCUT2D eigenvalue weighted by Gasteiger charge is -2.36. The van der Waals surface area contributed by atoms with Gasteiger partial charge in [0.1, 0.15) is 5.60 Å². The molecule has 1 fully saturated rings. The SMILES string of the molecule is CC1(C)CCCC(NCC(F)(F)CNC(=O)OC(C)(C)C)C1. The van der Waals surface area contributed by atoms with Crippen molar-refractivity contribution in [1.29, 1.82) is 0 Å². The first-order valence-electron chi connectivity index (χ1n) is 7.97. The van der Waals surface area contributed by atoms with Gasteiger partial charge in [0.05, 0.1) is 13.1 Å². The predicted molar refractivity (Wildman–Crippen MR) is 83.2 cm³/mol. The van der Waals surface area contributed by atoms with E-state index in [1.165, 1.54) is 0 Å². The van der Waals surface area contributed by atoms with Crippen LogP contribution in [0.15, 0.2) is 0 Å². The number of hydrogen-bond donors (Lipinski definition) is 2. The number of rotatable bonds is 5. The van der Waals surface area contributed by atoms with Gasteiger partial charge in [-0.15, -0.1) is 0 Å². The van der Waals surface area contributed by atoms with E-state index in [2.05, 4.69) is 24.5 Å². The molecule has 0 aromatic carbocycles. The fourth-order valence-electron chi connectivity index (χ4n) is 2.74. The average molecular weight is 320 g/mol. The summed E-state index contributed by atoms with van der Waals surface area (Å²) in [5.74, 6) is -2.99. The monoisotopic (exact) mass is 320 g/mol. The molecule has 130 valence electrons. The van der Waals surface area contributed by atoms with E-state index in [1.54, 1.807) is 20.8 Å². The standard InChI is InChI=1S/C16H30F2N2O2/c1-14(2,3)22-13(21)20-11-16(17,18)10-19-12-7-6-8-15(4,5)9-12/h12,19H,6-11H2,1-5H3,(H,20,21). The largest absolute Gasteiger partial charge is 0.444 e. The van der Waals surface area contributed by atoms with Crippen LogP contribution in [-0.2, 0) is 4.74 Å². The highest BCUT2D eigenvalue weighted by Crippen LogP contribution is 2.35. The molecule has 0 aromatic heterocycles. The molecule has 1 saturated carbocycles. The molecule has 4 nitrogen and oxygen atoms in total. The Labute approximate surface area is 132 Å². The van der Waals surface area contributed by atoms with Gasteiger partial charge in [0, 0.05) is 6.04 Å². The fourth-order valence-corrected chi connectivity index (χ4v) is 2.74. The molecule has 0 heterocycles. The number of halogens is 2. The van der Waals surface area contributed by atoms with Crippen molar-refractivity contribution in [2.24, 2.45) is 5.41 Å². The third kappa shape index (κ3) is 7.92. The molecule has 1 unspecified atom stereocenters. The molecule has 0 aromatic rings. The van der Waals surface area contributed by atoms with E-state index >= 15 is 0 Å². The molecule has 0 saturated heterocycles. The zero-order valence-corrected chi connectivity index (χ0v) is 14.4. The maximum absolute atomic E-state index is 13.8. The number of ether oxygens (including phenoxy) is 1. The summed E-state index contributed by atoms with van der Waals surface area (Å²) in [5, 5.41) is 5.08. The van der Waals surface area contributed by atoms with E-state index in [0.717, 1.165) is 25.7 Å². The highest BCUT2D eigenvalue weighted by molar-refractivity contribution is 5.67. The third-order valence-electron chi connectivity index (χ3n) is 3.74. The van der Waals surface area contributed by atoms with Crippen LogP contribution in [0.2, 0.25) is 0 Å². The minimum Gasteiger partial charge on any atom is -0.444 e. The molecule has 0 radical (unpaired) electrons. The number of carbonyl (C=O) groups is 1. The fraction of sp³-hybridized carbons (Fsp3) is 0.938. The van der Waals surface area contributed by atoms with Gasteiger partial charge >= 0.3 is 6.09 Å². The molecule has 2 N–H and O–H groups in total. The summed E-state index contributed by atoms with van der Waals surface area (Å²) in [6.45, 7) is 8.27. The van der Waals surface area contributed by atoms with E-state index < -0.39 is 30.7 Å². The Morgan fingerprint density at radius 3 is 2.45 bits per heavy atom. The molecule has 1 aliphatic carbocycles. The lowest BCUT2D eigenvalue weighted by atomic mass is 9.75. The first kappa shape index (κ1) is 19.1. The second-order valence-corrected chi connectivity index (χ2v) is 8.05. The Morgan fingerprint density at radius 2 is 1.91 bits per heavy atom. The summed E-state index contributed by atoms with van der Waals surface area (Å²) in [7, 11) is 0. The Kier molecular flexibility index (Phi) is 6.18. The maximum atomic E-state index is 13.8. The minimum absolute atomic E-state index is 0.121. The molecule has 6 heteroatoms. The van der Waals surface area contributed by atoms with Crippen molar-refractivity contribution < 1.29 is 18.3 Å². The Bertz CT molecular complexity index is 379. The predicted octanol–water partition coefficient (Wildman–Crippen LogP) is 3.70. The normalized spacial score (nSPS) is 22.2. The first-order valence-corrected chi connectivity index (χ1v) is 7.97. The van der Waals surface area contributed by atoms with E-state index in [9.17, 15) is 13.6 Å². The van der Waals surface area contributed by atoms with Gasteiger partial charge < -0.3 is 15.4 Å².